The number of piperazine rings is 1. The summed E-state index contributed by atoms with van der Waals surface area (Å²) in [5, 5.41) is 13.0. The number of aromatic nitrogens is 2. The summed E-state index contributed by atoms with van der Waals surface area (Å²) in [6.45, 7) is 4.72. The van der Waals surface area contributed by atoms with Crippen molar-refractivity contribution in [2.45, 2.75) is 13.5 Å². The van der Waals surface area contributed by atoms with E-state index in [-0.39, 0.29) is 17.5 Å². The second kappa shape index (κ2) is 9.19. The number of nitrogens with zero attached hydrogens (tertiary/aromatic N) is 4. The van der Waals surface area contributed by atoms with E-state index in [4.69, 9.17) is 9.84 Å². The van der Waals surface area contributed by atoms with Gasteiger partial charge in [-0.15, -0.1) is 0 Å². The Labute approximate surface area is 184 Å². The summed E-state index contributed by atoms with van der Waals surface area (Å²) in [6, 6.07) is 13.3. The highest BCUT2D eigenvalue weighted by atomic mass is 19.1. The molecule has 2 aromatic carbocycles. The number of carboxylic acid groups (broad SMARTS) is 1. The fraction of sp³-hybridized carbons (Fsp3) is 0.261. The molecule has 0 atom stereocenters. The first kappa shape index (κ1) is 21.5. The Morgan fingerprint density at radius 2 is 1.78 bits per heavy atom. The van der Waals surface area contributed by atoms with Crippen molar-refractivity contribution < 1.29 is 23.8 Å². The average Bonchev–Trinajstić information content (AvgIpc) is 3.18. The normalized spacial score (nSPS) is 14.4. The van der Waals surface area contributed by atoms with E-state index in [0.717, 1.165) is 10.2 Å². The topological polar surface area (TPSA) is 87.9 Å². The molecule has 3 aromatic rings. The minimum atomic E-state index is -1.15. The van der Waals surface area contributed by atoms with Gasteiger partial charge in [-0.3, -0.25) is 4.90 Å². The van der Waals surface area contributed by atoms with Gasteiger partial charge in [0.25, 0.3) is 0 Å². The standard InChI is InChI=1S/C23H23FN4O4/c1-16-14-28(25-21(16)22(29)30)23(31)27-11-9-26(10-12-27)15-17-3-2-4-20(13-17)32-19-7-5-18(24)6-8-19/h2-8,13-14H,9-12,15H2,1H3,(H,29,30). The van der Waals surface area contributed by atoms with Gasteiger partial charge in [0, 0.05) is 44.5 Å². The molecule has 8 nitrogen and oxygen atoms in total. The molecule has 0 radical (unpaired) electrons. The van der Waals surface area contributed by atoms with Gasteiger partial charge in [0.1, 0.15) is 17.3 Å². The van der Waals surface area contributed by atoms with Crippen LogP contribution in [0.25, 0.3) is 0 Å². The highest BCUT2D eigenvalue weighted by Crippen LogP contribution is 2.23. The number of halogens is 1. The van der Waals surface area contributed by atoms with Crippen LogP contribution in [0.15, 0.2) is 54.7 Å². The first-order chi connectivity index (χ1) is 15.4. The lowest BCUT2D eigenvalue weighted by molar-refractivity contribution is 0.0689. The fourth-order valence-corrected chi connectivity index (χ4v) is 3.62. The van der Waals surface area contributed by atoms with Gasteiger partial charge in [-0.05, 0) is 48.9 Å². The van der Waals surface area contributed by atoms with Crippen LogP contribution >= 0.6 is 0 Å². The smallest absolute Gasteiger partial charge is 0.356 e. The maximum absolute atomic E-state index is 13.1. The Balaban J connectivity index is 1.33. The molecule has 0 aliphatic carbocycles. The van der Waals surface area contributed by atoms with Crippen LogP contribution in [0.4, 0.5) is 9.18 Å². The molecule has 4 rings (SSSR count). The highest BCUT2D eigenvalue weighted by molar-refractivity contribution is 5.88. The molecule has 1 fully saturated rings. The SMILES string of the molecule is Cc1cn(C(=O)N2CCN(Cc3cccc(Oc4ccc(F)cc4)c3)CC2)nc1C(=O)O. The van der Waals surface area contributed by atoms with Crippen LogP contribution in [0, 0.1) is 12.7 Å². The van der Waals surface area contributed by atoms with Crippen LogP contribution in [0.3, 0.4) is 0 Å². The summed E-state index contributed by atoms with van der Waals surface area (Å²) >= 11 is 0. The van der Waals surface area contributed by atoms with Crippen LogP contribution in [0.2, 0.25) is 0 Å². The maximum atomic E-state index is 13.1. The van der Waals surface area contributed by atoms with Crippen LogP contribution in [-0.2, 0) is 6.54 Å². The number of benzene rings is 2. The second-order valence-corrected chi connectivity index (χ2v) is 7.66. The maximum Gasteiger partial charge on any atom is 0.356 e. The van der Waals surface area contributed by atoms with E-state index < -0.39 is 5.97 Å². The summed E-state index contributed by atoms with van der Waals surface area (Å²) < 4.78 is 20.0. The molecular weight excluding hydrogens is 415 g/mol. The molecular formula is C23H23FN4O4. The van der Waals surface area contributed by atoms with Crippen molar-refractivity contribution in [1.29, 1.82) is 0 Å². The van der Waals surface area contributed by atoms with Crippen molar-refractivity contribution in [2.75, 3.05) is 26.2 Å². The molecule has 1 saturated heterocycles. The second-order valence-electron chi connectivity index (χ2n) is 7.66. The zero-order chi connectivity index (χ0) is 22.7. The van der Waals surface area contributed by atoms with Gasteiger partial charge >= 0.3 is 12.0 Å². The Hall–Kier alpha value is -3.72. The monoisotopic (exact) mass is 438 g/mol. The van der Waals surface area contributed by atoms with Gasteiger partial charge in [0.2, 0.25) is 0 Å². The van der Waals surface area contributed by atoms with E-state index >= 15 is 0 Å². The third-order valence-electron chi connectivity index (χ3n) is 5.29. The quantitative estimate of drug-likeness (QED) is 0.655. The van der Waals surface area contributed by atoms with Gasteiger partial charge in [0.05, 0.1) is 0 Å². The highest BCUT2D eigenvalue weighted by Gasteiger charge is 2.24. The van der Waals surface area contributed by atoms with Crippen molar-refractivity contribution in [3.63, 3.8) is 0 Å². The lowest BCUT2D eigenvalue weighted by Crippen LogP contribution is -2.49. The van der Waals surface area contributed by atoms with Crippen molar-refractivity contribution >= 4 is 12.0 Å². The Kier molecular flexibility index (Phi) is 6.18. The number of rotatable bonds is 5. The van der Waals surface area contributed by atoms with Gasteiger partial charge < -0.3 is 14.7 Å². The zero-order valence-corrected chi connectivity index (χ0v) is 17.6. The Morgan fingerprint density at radius 1 is 1.06 bits per heavy atom. The van der Waals surface area contributed by atoms with E-state index in [9.17, 15) is 14.0 Å². The first-order valence-electron chi connectivity index (χ1n) is 10.2. The Bertz CT molecular complexity index is 1120. The molecule has 32 heavy (non-hydrogen) atoms. The molecule has 1 N–H and O–H groups in total. The van der Waals surface area contributed by atoms with E-state index in [1.807, 2.05) is 24.3 Å². The lowest BCUT2D eigenvalue weighted by atomic mass is 10.2. The van der Waals surface area contributed by atoms with Gasteiger partial charge in [0.15, 0.2) is 5.69 Å². The fourth-order valence-electron chi connectivity index (χ4n) is 3.62. The van der Waals surface area contributed by atoms with Crippen molar-refractivity contribution in [1.82, 2.24) is 19.6 Å². The average molecular weight is 438 g/mol. The van der Waals surface area contributed by atoms with Crippen molar-refractivity contribution in [2.24, 2.45) is 0 Å². The van der Waals surface area contributed by atoms with Gasteiger partial charge in [-0.2, -0.15) is 9.78 Å². The van der Waals surface area contributed by atoms with Crippen molar-refractivity contribution in [3.8, 4) is 11.5 Å². The summed E-state index contributed by atoms with van der Waals surface area (Å²) in [4.78, 5) is 27.7. The van der Waals surface area contributed by atoms with Crippen LogP contribution < -0.4 is 4.74 Å². The van der Waals surface area contributed by atoms with Gasteiger partial charge in [-0.1, -0.05) is 12.1 Å². The van der Waals surface area contributed by atoms with E-state index in [1.54, 1.807) is 24.0 Å². The molecule has 0 bridgehead atoms. The molecule has 1 aromatic heterocycles. The number of hydrogen-bond acceptors (Lipinski definition) is 5. The summed E-state index contributed by atoms with van der Waals surface area (Å²) in [6.07, 6.45) is 1.45. The first-order valence-corrected chi connectivity index (χ1v) is 10.2. The Morgan fingerprint density at radius 3 is 2.44 bits per heavy atom. The number of carbonyl (C=O) groups excluding carboxylic acids is 1. The summed E-state index contributed by atoms with van der Waals surface area (Å²) in [5.41, 5.74) is 1.41. The number of hydrogen-bond donors (Lipinski definition) is 1. The van der Waals surface area contributed by atoms with Crippen LogP contribution in [0.5, 0.6) is 11.5 Å². The van der Waals surface area contributed by atoms with E-state index in [2.05, 4.69) is 10.00 Å². The van der Waals surface area contributed by atoms with Crippen LogP contribution in [-0.4, -0.2) is 62.9 Å². The van der Waals surface area contributed by atoms with Crippen molar-refractivity contribution in [3.05, 3.63) is 77.4 Å². The molecule has 1 aliphatic heterocycles. The predicted molar refractivity (Wildman–Crippen MR) is 114 cm³/mol. The number of aryl methyl sites for hydroxylation is 1. The number of ether oxygens (including phenoxy) is 1. The van der Waals surface area contributed by atoms with Gasteiger partial charge in [-0.25, -0.2) is 14.0 Å². The minimum absolute atomic E-state index is 0.111. The lowest BCUT2D eigenvalue weighted by Gasteiger charge is -2.34. The molecule has 0 saturated carbocycles. The summed E-state index contributed by atoms with van der Waals surface area (Å²) in [7, 11) is 0. The third-order valence-corrected chi connectivity index (χ3v) is 5.29. The number of carbonyl (C=O) groups is 2. The third kappa shape index (κ3) is 4.94. The van der Waals surface area contributed by atoms with E-state index in [1.165, 1.54) is 18.3 Å². The minimum Gasteiger partial charge on any atom is -0.476 e. The van der Waals surface area contributed by atoms with E-state index in [0.29, 0.717) is 49.8 Å². The number of amides is 1. The number of carboxylic acids is 1. The predicted octanol–water partition coefficient (Wildman–Crippen LogP) is 3.61. The molecule has 9 heteroatoms. The molecule has 1 amide bonds. The zero-order valence-electron chi connectivity index (χ0n) is 17.6. The molecule has 166 valence electrons. The summed E-state index contributed by atoms with van der Waals surface area (Å²) in [5.74, 6) is -0.222. The molecule has 1 aliphatic rings. The molecule has 2 heterocycles. The van der Waals surface area contributed by atoms with Crippen LogP contribution in [0.1, 0.15) is 21.6 Å². The molecule has 0 spiro atoms. The largest absolute Gasteiger partial charge is 0.476 e. The molecule has 0 unspecified atom stereocenters. The number of aromatic carboxylic acids is 1.